The Morgan fingerprint density at radius 2 is 1.27 bits per heavy atom. The molecule has 0 atom stereocenters. The molecule has 2 heteroatoms. The summed E-state index contributed by atoms with van der Waals surface area (Å²) in [6.45, 7) is 9.28. The Kier molecular flexibility index (Phi) is 3.66. The van der Waals surface area contributed by atoms with Crippen LogP contribution >= 0.6 is 0 Å². The molecule has 0 aliphatic heterocycles. The van der Waals surface area contributed by atoms with Crippen LogP contribution in [-0.2, 0) is 0 Å². The second-order valence-electron chi connectivity index (χ2n) is 4.94. The van der Waals surface area contributed by atoms with Gasteiger partial charge in [-0.05, 0) is 23.7 Å². The van der Waals surface area contributed by atoms with Gasteiger partial charge >= 0.3 is 29.6 Å². The summed E-state index contributed by atoms with van der Waals surface area (Å²) < 4.78 is 0. The first-order valence-corrected chi connectivity index (χ1v) is 4.11. The Labute approximate surface area is 92.4 Å². The first-order chi connectivity index (χ1) is 4.35. The van der Waals surface area contributed by atoms with Gasteiger partial charge in [0.1, 0.15) is 0 Å². The minimum atomic E-state index is 0. The molecule has 11 heavy (non-hydrogen) atoms. The summed E-state index contributed by atoms with van der Waals surface area (Å²) in [6.07, 6.45) is 2.36. The molecule has 0 unspecified atom stereocenters. The van der Waals surface area contributed by atoms with Gasteiger partial charge in [-0.15, -0.1) is 0 Å². The predicted molar refractivity (Wildman–Crippen MR) is 51.9 cm³/mol. The molecule has 1 nitrogen and oxygen atoms in total. The molecule has 0 saturated heterocycles. The summed E-state index contributed by atoms with van der Waals surface area (Å²) in [7, 11) is 0. The third-order valence-electron chi connectivity index (χ3n) is 3.38. The molecule has 0 aromatic carbocycles. The fourth-order valence-corrected chi connectivity index (χ4v) is 1.94. The molecule has 0 heterocycles. The molecule has 1 saturated carbocycles. The molecule has 0 amide bonds. The maximum absolute atomic E-state index is 5.89. The van der Waals surface area contributed by atoms with Crippen LogP contribution in [0.25, 0.3) is 0 Å². The van der Waals surface area contributed by atoms with Crippen LogP contribution in [0.3, 0.4) is 0 Å². The van der Waals surface area contributed by atoms with Crippen molar-refractivity contribution in [1.29, 1.82) is 0 Å². The van der Waals surface area contributed by atoms with E-state index < -0.39 is 0 Å². The van der Waals surface area contributed by atoms with Gasteiger partial charge in [0.15, 0.2) is 0 Å². The van der Waals surface area contributed by atoms with Crippen molar-refractivity contribution in [3.05, 3.63) is 0 Å². The van der Waals surface area contributed by atoms with Crippen molar-refractivity contribution in [3.8, 4) is 0 Å². The molecule has 62 valence electrons. The molecule has 1 aliphatic carbocycles. The normalized spacial score (nSPS) is 28.1. The molecule has 2 N–H and O–H groups in total. The van der Waals surface area contributed by atoms with Crippen molar-refractivity contribution in [2.45, 2.75) is 46.6 Å². The van der Waals surface area contributed by atoms with E-state index in [9.17, 15) is 0 Å². The van der Waals surface area contributed by atoms with Crippen LogP contribution in [0.1, 0.15) is 40.5 Å². The van der Waals surface area contributed by atoms with Gasteiger partial charge < -0.3 is 5.73 Å². The zero-order valence-electron chi connectivity index (χ0n) is 7.57. The van der Waals surface area contributed by atoms with Crippen LogP contribution in [0.5, 0.6) is 0 Å². The summed E-state index contributed by atoms with van der Waals surface area (Å²) in [4.78, 5) is 0. The van der Waals surface area contributed by atoms with E-state index in [0.29, 0.717) is 16.9 Å². The summed E-state index contributed by atoms with van der Waals surface area (Å²) in [5.41, 5.74) is 6.76. The zero-order valence-corrected chi connectivity index (χ0v) is 7.57. The number of nitrogens with two attached hydrogens (primary N) is 1. The monoisotopic (exact) mass is 165 g/mol. The quantitative estimate of drug-likeness (QED) is 0.541. The third kappa shape index (κ3) is 2.21. The standard InChI is InChI=1S/C9H19N.Na.H/c1-8(2)5-7(10)6-9(8,3)4;;/h7H,5-6,10H2,1-4H3;;. The summed E-state index contributed by atoms with van der Waals surface area (Å²) in [6, 6.07) is 0.435. The van der Waals surface area contributed by atoms with E-state index in [-0.39, 0.29) is 29.6 Å². The fraction of sp³-hybridized carbons (Fsp3) is 1.00. The Bertz CT molecular complexity index is 124. The van der Waals surface area contributed by atoms with E-state index in [1.807, 2.05) is 0 Å². The molecular formula is C9H20NNa. The second-order valence-corrected chi connectivity index (χ2v) is 4.94. The summed E-state index contributed by atoms with van der Waals surface area (Å²) in [5.74, 6) is 0. The number of rotatable bonds is 0. The number of hydrogen-bond donors (Lipinski definition) is 1. The van der Waals surface area contributed by atoms with Crippen molar-refractivity contribution in [2.24, 2.45) is 16.6 Å². The van der Waals surface area contributed by atoms with Crippen molar-refractivity contribution < 1.29 is 0 Å². The summed E-state index contributed by atoms with van der Waals surface area (Å²) in [5, 5.41) is 0. The van der Waals surface area contributed by atoms with Gasteiger partial charge in [0.2, 0.25) is 0 Å². The minimum absolute atomic E-state index is 0. The average molecular weight is 165 g/mol. The van der Waals surface area contributed by atoms with Crippen LogP contribution < -0.4 is 5.73 Å². The second kappa shape index (κ2) is 3.37. The molecular weight excluding hydrogens is 145 g/mol. The van der Waals surface area contributed by atoms with Gasteiger partial charge in [0, 0.05) is 6.04 Å². The Morgan fingerprint density at radius 1 is 1.00 bits per heavy atom. The topological polar surface area (TPSA) is 26.0 Å². The Morgan fingerprint density at radius 3 is 1.36 bits per heavy atom. The zero-order chi connectivity index (χ0) is 7.99. The van der Waals surface area contributed by atoms with Crippen molar-refractivity contribution in [3.63, 3.8) is 0 Å². The molecule has 1 aliphatic rings. The van der Waals surface area contributed by atoms with Gasteiger partial charge in [0.05, 0.1) is 0 Å². The van der Waals surface area contributed by atoms with Gasteiger partial charge in [-0.3, -0.25) is 0 Å². The van der Waals surface area contributed by atoms with Gasteiger partial charge in [-0.1, -0.05) is 27.7 Å². The van der Waals surface area contributed by atoms with Crippen molar-refractivity contribution >= 4 is 29.6 Å². The van der Waals surface area contributed by atoms with E-state index in [0.717, 1.165) is 0 Å². The third-order valence-corrected chi connectivity index (χ3v) is 3.38. The van der Waals surface area contributed by atoms with Gasteiger partial charge in [-0.25, -0.2) is 0 Å². The maximum atomic E-state index is 5.89. The first-order valence-electron chi connectivity index (χ1n) is 4.11. The fourth-order valence-electron chi connectivity index (χ4n) is 1.94. The average Bonchev–Trinajstić information content (AvgIpc) is 1.73. The van der Waals surface area contributed by atoms with Gasteiger partial charge in [-0.2, -0.15) is 0 Å². The van der Waals surface area contributed by atoms with Crippen LogP contribution in [0.4, 0.5) is 0 Å². The Hall–Kier alpha value is 0.960. The van der Waals surface area contributed by atoms with Crippen LogP contribution in [0.2, 0.25) is 0 Å². The molecule has 0 aromatic heterocycles. The van der Waals surface area contributed by atoms with E-state index in [1.54, 1.807) is 0 Å². The van der Waals surface area contributed by atoms with E-state index in [2.05, 4.69) is 27.7 Å². The van der Waals surface area contributed by atoms with Crippen LogP contribution in [0.15, 0.2) is 0 Å². The van der Waals surface area contributed by atoms with E-state index in [4.69, 9.17) is 5.73 Å². The molecule has 1 rings (SSSR count). The first kappa shape index (κ1) is 12.0. The molecule has 0 aromatic rings. The SMILES string of the molecule is CC1(C)CC(N)CC1(C)C.[NaH]. The molecule has 0 radical (unpaired) electrons. The number of hydrogen-bond acceptors (Lipinski definition) is 1. The van der Waals surface area contributed by atoms with Crippen molar-refractivity contribution in [2.75, 3.05) is 0 Å². The Balaban J connectivity index is 0.000001000. The predicted octanol–water partition coefficient (Wildman–Crippen LogP) is 1.51. The molecule has 0 bridgehead atoms. The van der Waals surface area contributed by atoms with Crippen LogP contribution in [0, 0.1) is 10.8 Å². The van der Waals surface area contributed by atoms with Gasteiger partial charge in [0.25, 0.3) is 0 Å². The van der Waals surface area contributed by atoms with E-state index >= 15 is 0 Å². The van der Waals surface area contributed by atoms with Crippen molar-refractivity contribution in [1.82, 2.24) is 0 Å². The van der Waals surface area contributed by atoms with E-state index in [1.165, 1.54) is 12.8 Å². The van der Waals surface area contributed by atoms with Crippen LogP contribution in [-0.4, -0.2) is 35.6 Å². The molecule has 0 spiro atoms. The molecule has 1 fully saturated rings. The summed E-state index contributed by atoms with van der Waals surface area (Å²) >= 11 is 0.